The molecule has 0 aliphatic heterocycles. The van der Waals surface area contributed by atoms with E-state index in [0.717, 1.165) is 25.3 Å². The number of rotatable bonds is 5. The maximum atomic E-state index is 4.82. The van der Waals surface area contributed by atoms with Crippen molar-refractivity contribution < 1.29 is 0 Å². The van der Waals surface area contributed by atoms with Crippen LogP contribution in [0.25, 0.3) is 0 Å². The van der Waals surface area contributed by atoms with Gasteiger partial charge in [-0.2, -0.15) is 0 Å². The summed E-state index contributed by atoms with van der Waals surface area (Å²) in [7, 11) is 0. The maximum Gasteiger partial charge on any atom is 0.131 e. The summed E-state index contributed by atoms with van der Waals surface area (Å²) < 4.78 is 0. The van der Waals surface area contributed by atoms with Crippen molar-refractivity contribution in [3.05, 3.63) is 23.3 Å². The number of hydrogen-bond donors (Lipinski definition) is 1. The summed E-state index contributed by atoms with van der Waals surface area (Å²) >= 11 is 0. The summed E-state index contributed by atoms with van der Waals surface area (Å²) in [4.78, 5) is 9.43. The Hall–Kier alpha value is -0.960. The second-order valence-corrected chi connectivity index (χ2v) is 5.17. The molecule has 3 heteroatoms. The molecule has 0 saturated heterocycles. The Morgan fingerprint density at radius 3 is 2.67 bits per heavy atom. The summed E-state index contributed by atoms with van der Waals surface area (Å²) in [5.41, 5.74) is 2.49. The van der Waals surface area contributed by atoms with Gasteiger partial charge < -0.3 is 5.32 Å². The van der Waals surface area contributed by atoms with Crippen molar-refractivity contribution in [2.75, 3.05) is 6.54 Å². The van der Waals surface area contributed by atoms with Gasteiger partial charge in [0, 0.05) is 29.9 Å². The molecular formula is C15H25N3. The fourth-order valence-corrected chi connectivity index (χ4v) is 2.73. The first-order valence-corrected chi connectivity index (χ1v) is 7.40. The Balaban J connectivity index is 2.12. The van der Waals surface area contributed by atoms with Gasteiger partial charge in [0.05, 0.1) is 0 Å². The Morgan fingerprint density at radius 2 is 2.00 bits per heavy atom. The summed E-state index contributed by atoms with van der Waals surface area (Å²) in [6, 6.07) is 0. The van der Waals surface area contributed by atoms with Crippen LogP contribution in [-0.4, -0.2) is 16.5 Å². The van der Waals surface area contributed by atoms with Crippen molar-refractivity contribution in [2.24, 2.45) is 0 Å². The standard InChI is InChI=1S/C15H25N3/c1-3-14-13(10-16-4-2)11-17-15(18-14)12-8-6-5-7-9-12/h11-12,16H,3-10H2,1-2H3. The Labute approximate surface area is 110 Å². The van der Waals surface area contributed by atoms with Crippen LogP contribution in [0.1, 0.15) is 69.0 Å². The van der Waals surface area contributed by atoms with Gasteiger partial charge in [-0.15, -0.1) is 0 Å². The molecule has 0 radical (unpaired) electrons. The van der Waals surface area contributed by atoms with E-state index in [9.17, 15) is 0 Å². The van der Waals surface area contributed by atoms with Crippen LogP contribution >= 0.6 is 0 Å². The summed E-state index contributed by atoms with van der Waals surface area (Å²) in [5.74, 6) is 1.70. The van der Waals surface area contributed by atoms with Crippen molar-refractivity contribution in [3.63, 3.8) is 0 Å². The van der Waals surface area contributed by atoms with Crippen LogP contribution in [-0.2, 0) is 13.0 Å². The average molecular weight is 247 g/mol. The topological polar surface area (TPSA) is 37.8 Å². The molecule has 0 amide bonds. The largest absolute Gasteiger partial charge is 0.313 e. The molecule has 1 aromatic rings. The highest BCUT2D eigenvalue weighted by molar-refractivity contribution is 5.19. The zero-order chi connectivity index (χ0) is 12.8. The molecule has 0 atom stereocenters. The van der Waals surface area contributed by atoms with E-state index in [-0.39, 0.29) is 0 Å². The molecule has 1 saturated carbocycles. The van der Waals surface area contributed by atoms with Gasteiger partial charge in [-0.3, -0.25) is 0 Å². The number of nitrogens with one attached hydrogen (secondary N) is 1. The van der Waals surface area contributed by atoms with Gasteiger partial charge >= 0.3 is 0 Å². The maximum absolute atomic E-state index is 4.82. The van der Waals surface area contributed by atoms with Crippen molar-refractivity contribution in [1.82, 2.24) is 15.3 Å². The lowest BCUT2D eigenvalue weighted by Crippen LogP contribution is -2.16. The Kier molecular flexibility index (Phi) is 5.12. The average Bonchev–Trinajstić information content (AvgIpc) is 2.46. The van der Waals surface area contributed by atoms with Gasteiger partial charge in [0.1, 0.15) is 5.82 Å². The van der Waals surface area contributed by atoms with Gasteiger partial charge in [-0.1, -0.05) is 33.1 Å². The molecule has 1 aromatic heterocycles. The predicted octanol–water partition coefficient (Wildman–Crippen LogP) is 3.20. The third kappa shape index (κ3) is 3.29. The molecule has 0 unspecified atom stereocenters. The smallest absolute Gasteiger partial charge is 0.131 e. The molecule has 1 heterocycles. The quantitative estimate of drug-likeness (QED) is 0.868. The fourth-order valence-electron chi connectivity index (χ4n) is 2.73. The van der Waals surface area contributed by atoms with Crippen molar-refractivity contribution in [2.45, 2.75) is 64.8 Å². The SMILES string of the molecule is CCNCc1cnc(C2CCCCC2)nc1CC. The molecule has 0 aromatic carbocycles. The molecule has 100 valence electrons. The van der Waals surface area contributed by atoms with E-state index >= 15 is 0 Å². The monoisotopic (exact) mass is 247 g/mol. The molecule has 1 aliphatic carbocycles. The van der Waals surface area contributed by atoms with E-state index in [1.165, 1.54) is 43.4 Å². The lowest BCUT2D eigenvalue weighted by Gasteiger charge is -2.21. The first-order valence-electron chi connectivity index (χ1n) is 7.40. The van der Waals surface area contributed by atoms with Crippen LogP contribution in [0.4, 0.5) is 0 Å². The third-order valence-corrected chi connectivity index (χ3v) is 3.84. The highest BCUT2D eigenvalue weighted by Gasteiger charge is 2.18. The third-order valence-electron chi connectivity index (χ3n) is 3.84. The van der Waals surface area contributed by atoms with Gasteiger partial charge in [0.15, 0.2) is 0 Å². The zero-order valence-electron chi connectivity index (χ0n) is 11.7. The number of hydrogen-bond acceptors (Lipinski definition) is 3. The van der Waals surface area contributed by atoms with Crippen LogP contribution in [0.3, 0.4) is 0 Å². The highest BCUT2D eigenvalue weighted by atomic mass is 14.9. The van der Waals surface area contributed by atoms with Gasteiger partial charge in [-0.05, 0) is 25.8 Å². The number of aromatic nitrogens is 2. The summed E-state index contributed by atoms with van der Waals surface area (Å²) in [5, 5.41) is 3.36. The minimum absolute atomic E-state index is 0.609. The predicted molar refractivity (Wildman–Crippen MR) is 74.6 cm³/mol. The van der Waals surface area contributed by atoms with Crippen molar-refractivity contribution in [3.8, 4) is 0 Å². The van der Waals surface area contributed by atoms with Gasteiger partial charge in [0.2, 0.25) is 0 Å². The minimum atomic E-state index is 0.609. The number of aryl methyl sites for hydroxylation is 1. The van der Waals surface area contributed by atoms with Crippen LogP contribution in [0.5, 0.6) is 0 Å². The summed E-state index contributed by atoms with van der Waals surface area (Å²) in [6.45, 7) is 6.20. The second kappa shape index (κ2) is 6.83. The van der Waals surface area contributed by atoms with E-state index in [1.807, 2.05) is 6.20 Å². The first-order chi connectivity index (χ1) is 8.85. The fraction of sp³-hybridized carbons (Fsp3) is 0.733. The molecule has 1 N–H and O–H groups in total. The van der Waals surface area contributed by atoms with E-state index in [0.29, 0.717) is 5.92 Å². The highest BCUT2D eigenvalue weighted by Crippen LogP contribution is 2.30. The number of nitrogens with zero attached hydrogens (tertiary/aromatic N) is 2. The molecule has 0 spiro atoms. The van der Waals surface area contributed by atoms with E-state index < -0.39 is 0 Å². The minimum Gasteiger partial charge on any atom is -0.313 e. The van der Waals surface area contributed by atoms with Crippen molar-refractivity contribution >= 4 is 0 Å². The molecule has 18 heavy (non-hydrogen) atoms. The zero-order valence-corrected chi connectivity index (χ0v) is 11.7. The van der Waals surface area contributed by atoms with Crippen LogP contribution in [0.2, 0.25) is 0 Å². The lowest BCUT2D eigenvalue weighted by molar-refractivity contribution is 0.427. The lowest BCUT2D eigenvalue weighted by atomic mass is 9.88. The van der Waals surface area contributed by atoms with E-state index in [1.54, 1.807) is 0 Å². The molecule has 1 aliphatic rings. The summed E-state index contributed by atoms with van der Waals surface area (Å²) in [6.07, 6.45) is 9.66. The van der Waals surface area contributed by atoms with Crippen LogP contribution < -0.4 is 5.32 Å². The molecule has 2 rings (SSSR count). The van der Waals surface area contributed by atoms with Crippen LogP contribution in [0, 0.1) is 0 Å². The molecule has 1 fully saturated rings. The normalized spacial score (nSPS) is 17.0. The van der Waals surface area contributed by atoms with Gasteiger partial charge in [-0.25, -0.2) is 9.97 Å². The Bertz CT molecular complexity index is 370. The second-order valence-electron chi connectivity index (χ2n) is 5.17. The molecule has 3 nitrogen and oxygen atoms in total. The van der Waals surface area contributed by atoms with Gasteiger partial charge in [0.25, 0.3) is 0 Å². The van der Waals surface area contributed by atoms with Crippen LogP contribution in [0.15, 0.2) is 6.20 Å². The van der Waals surface area contributed by atoms with E-state index in [2.05, 4.69) is 24.1 Å². The molecule has 0 bridgehead atoms. The van der Waals surface area contributed by atoms with E-state index in [4.69, 9.17) is 4.98 Å². The Morgan fingerprint density at radius 1 is 1.22 bits per heavy atom. The van der Waals surface area contributed by atoms with Crippen molar-refractivity contribution in [1.29, 1.82) is 0 Å². The first kappa shape index (κ1) is 13.5. The molecular weight excluding hydrogens is 222 g/mol.